The molecule has 0 aromatic rings. The zero-order valence-corrected chi connectivity index (χ0v) is 8.38. The van der Waals surface area contributed by atoms with Crippen LogP contribution in [0, 0.1) is 17.8 Å². The van der Waals surface area contributed by atoms with Crippen molar-refractivity contribution < 1.29 is 5.11 Å². The lowest BCUT2D eigenvalue weighted by Gasteiger charge is -2.39. The molecule has 0 aromatic carbocycles. The standard InChI is InChI=1S/C9H18OS/c1-5-4-8(10)9(11)7(3)6(5)2/h5-11H,4H2,1-3H3. The van der Waals surface area contributed by atoms with Gasteiger partial charge in [0.1, 0.15) is 0 Å². The molecule has 0 saturated heterocycles. The van der Waals surface area contributed by atoms with Crippen molar-refractivity contribution in [2.45, 2.75) is 38.5 Å². The molecular weight excluding hydrogens is 156 g/mol. The average Bonchev–Trinajstić information content (AvgIpc) is 1.97. The van der Waals surface area contributed by atoms with Gasteiger partial charge in [-0.2, -0.15) is 12.6 Å². The summed E-state index contributed by atoms with van der Waals surface area (Å²) in [5.74, 6) is 1.88. The molecule has 0 bridgehead atoms. The van der Waals surface area contributed by atoms with Crippen LogP contribution in [0.15, 0.2) is 0 Å². The van der Waals surface area contributed by atoms with E-state index in [-0.39, 0.29) is 11.4 Å². The summed E-state index contributed by atoms with van der Waals surface area (Å²) < 4.78 is 0. The molecule has 1 rings (SSSR count). The molecule has 2 heteroatoms. The first-order chi connectivity index (χ1) is 5.04. The highest BCUT2D eigenvalue weighted by Crippen LogP contribution is 2.36. The molecule has 1 aliphatic carbocycles. The lowest BCUT2D eigenvalue weighted by atomic mass is 9.73. The fourth-order valence-corrected chi connectivity index (χ4v) is 2.31. The van der Waals surface area contributed by atoms with Crippen molar-refractivity contribution in [1.29, 1.82) is 0 Å². The fourth-order valence-electron chi connectivity index (χ4n) is 1.91. The Kier molecular flexibility index (Phi) is 2.87. The van der Waals surface area contributed by atoms with Crippen LogP contribution in [0.5, 0.6) is 0 Å². The molecule has 0 spiro atoms. The van der Waals surface area contributed by atoms with Crippen LogP contribution in [0.4, 0.5) is 0 Å². The van der Waals surface area contributed by atoms with E-state index in [4.69, 9.17) is 0 Å². The highest BCUT2D eigenvalue weighted by Gasteiger charge is 2.35. The molecule has 0 aliphatic heterocycles. The summed E-state index contributed by atoms with van der Waals surface area (Å²) in [6.45, 7) is 6.65. The molecule has 1 saturated carbocycles. The summed E-state index contributed by atoms with van der Waals surface area (Å²) >= 11 is 4.40. The third-order valence-corrected chi connectivity index (χ3v) is 4.09. The SMILES string of the molecule is CC1CC(O)C(S)C(C)C1C. The average molecular weight is 174 g/mol. The number of aliphatic hydroxyl groups is 1. The van der Waals surface area contributed by atoms with Gasteiger partial charge in [-0.25, -0.2) is 0 Å². The molecule has 66 valence electrons. The Morgan fingerprint density at radius 1 is 1.18 bits per heavy atom. The Hall–Kier alpha value is 0.310. The largest absolute Gasteiger partial charge is 0.392 e. The van der Waals surface area contributed by atoms with Crippen molar-refractivity contribution in [1.82, 2.24) is 0 Å². The van der Waals surface area contributed by atoms with Crippen LogP contribution in [0.1, 0.15) is 27.2 Å². The van der Waals surface area contributed by atoms with E-state index in [1.54, 1.807) is 0 Å². The lowest BCUT2D eigenvalue weighted by molar-refractivity contribution is 0.0549. The Balaban J connectivity index is 2.63. The van der Waals surface area contributed by atoms with Gasteiger partial charge in [-0.3, -0.25) is 0 Å². The number of hydrogen-bond acceptors (Lipinski definition) is 2. The normalized spacial score (nSPS) is 52.6. The Morgan fingerprint density at radius 3 is 2.27 bits per heavy atom. The van der Waals surface area contributed by atoms with Crippen molar-refractivity contribution in [3.05, 3.63) is 0 Å². The Bertz CT molecular complexity index is 124. The first kappa shape index (κ1) is 9.40. The highest BCUT2D eigenvalue weighted by atomic mass is 32.1. The Labute approximate surface area is 74.6 Å². The minimum absolute atomic E-state index is 0.182. The summed E-state index contributed by atoms with van der Waals surface area (Å²) in [4.78, 5) is 0. The van der Waals surface area contributed by atoms with Crippen molar-refractivity contribution >= 4 is 12.6 Å². The molecule has 11 heavy (non-hydrogen) atoms. The summed E-state index contributed by atoms with van der Waals surface area (Å²) in [6, 6.07) is 0. The van der Waals surface area contributed by atoms with Crippen LogP contribution in [0.25, 0.3) is 0 Å². The first-order valence-corrected chi connectivity index (χ1v) is 4.91. The van der Waals surface area contributed by atoms with E-state index in [0.717, 1.165) is 6.42 Å². The van der Waals surface area contributed by atoms with Crippen molar-refractivity contribution in [2.24, 2.45) is 17.8 Å². The van der Waals surface area contributed by atoms with Crippen LogP contribution in [0.3, 0.4) is 0 Å². The van der Waals surface area contributed by atoms with Crippen LogP contribution >= 0.6 is 12.6 Å². The summed E-state index contributed by atoms with van der Waals surface area (Å²) in [7, 11) is 0. The van der Waals surface area contributed by atoms with Gasteiger partial charge in [-0.15, -0.1) is 0 Å². The predicted molar refractivity (Wildman–Crippen MR) is 50.9 cm³/mol. The van der Waals surface area contributed by atoms with Crippen LogP contribution in [0.2, 0.25) is 0 Å². The monoisotopic (exact) mass is 174 g/mol. The number of rotatable bonds is 0. The molecule has 5 unspecified atom stereocenters. The van der Waals surface area contributed by atoms with Gasteiger partial charge in [0.2, 0.25) is 0 Å². The first-order valence-electron chi connectivity index (χ1n) is 4.40. The molecule has 0 radical (unpaired) electrons. The molecule has 1 N–H and O–H groups in total. The van der Waals surface area contributed by atoms with E-state index < -0.39 is 0 Å². The van der Waals surface area contributed by atoms with Gasteiger partial charge in [0.25, 0.3) is 0 Å². The van der Waals surface area contributed by atoms with E-state index in [0.29, 0.717) is 17.8 Å². The molecule has 0 heterocycles. The molecule has 0 amide bonds. The van der Waals surface area contributed by atoms with Crippen LogP contribution in [-0.4, -0.2) is 16.5 Å². The van der Waals surface area contributed by atoms with Gasteiger partial charge in [0, 0.05) is 5.25 Å². The van der Waals surface area contributed by atoms with E-state index in [9.17, 15) is 5.11 Å². The zero-order chi connectivity index (χ0) is 8.59. The number of aliphatic hydroxyl groups excluding tert-OH is 1. The fraction of sp³-hybridized carbons (Fsp3) is 1.00. The van der Waals surface area contributed by atoms with E-state index in [2.05, 4.69) is 33.4 Å². The zero-order valence-electron chi connectivity index (χ0n) is 7.49. The molecule has 0 aromatic heterocycles. The lowest BCUT2D eigenvalue weighted by Crippen LogP contribution is -2.40. The third kappa shape index (κ3) is 1.73. The second kappa shape index (κ2) is 3.36. The summed E-state index contributed by atoms with van der Waals surface area (Å²) in [5, 5.41) is 9.74. The molecule has 1 fully saturated rings. The van der Waals surface area contributed by atoms with Gasteiger partial charge >= 0.3 is 0 Å². The predicted octanol–water partition coefficient (Wildman–Crippen LogP) is 1.96. The highest BCUT2D eigenvalue weighted by molar-refractivity contribution is 7.81. The quantitative estimate of drug-likeness (QED) is 0.538. The second-order valence-corrected chi connectivity index (χ2v) is 4.59. The van der Waals surface area contributed by atoms with Gasteiger partial charge in [0.15, 0.2) is 0 Å². The van der Waals surface area contributed by atoms with Gasteiger partial charge in [-0.05, 0) is 24.2 Å². The van der Waals surface area contributed by atoms with Crippen molar-refractivity contribution in [3.8, 4) is 0 Å². The van der Waals surface area contributed by atoms with Crippen molar-refractivity contribution in [3.63, 3.8) is 0 Å². The van der Waals surface area contributed by atoms with Gasteiger partial charge in [0.05, 0.1) is 6.10 Å². The van der Waals surface area contributed by atoms with Crippen LogP contribution in [-0.2, 0) is 0 Å². The second-order valence-electron chi connectivity index (χ2n) is 3.99. The number of hydrogen-bond donors (Lipinski definition) is 2. The van der Waals surface area contributed by atoms with Gasteiger partial charge < -0.3 is 5.11 Å². The minimum Gasteiger partial charge on any atom is -0.392 e. The van der Waals surface area contributed by atoms with E-state index in [1.165, 1.54) is 0 Å². The van der Waals surface area contributed by atoms with E-state index in [1.807, 2.05) is 0 Å². The minimum atomic E-state index is -0.195. The smallest absolute Gasteiger partial charge is 0.0661 e. The molecule has 1 aliphatic rings. The maximum Gasteiger partial charge on any atom is 0.0661 e. The summed E-state index contributed by atoms with van der Waals surface area (Å²) in [5.41, 5.74) is 0. The summed E-state index contributed by atoms with van der Waals surface area (Å²) in [6.07, 6.45) is 0.721. The maximum atomic E-state index is 9.56. The molecule has 1 nitrogen and oxygen atoms in total. The Morgan fingerprint density at radius 2 is 1.73 bits per heavy atom. The third-order valence-electron chi connectivity index (χ3n) is 3.27. The van der Waals surface area contributed by atoms with Gasteiger partial charge in [-0.1, -0.05) is 20.8 Å². The maximum absolute atomic E-state index is 9.56. The number of thiol groups is 1. The van der Waals surface area contributed by atoms with Crippen molar-refractivity contribution in [2.75, 3.05) is 0 Å². The van der Waals surface area contributed by atoms with E-state index >= 15 is 0 Å². The molecular formula is C9H18OS. The molecule has 5 atom stereocenters. The topological polar surface area (TPSA) is 20.2 Å². The van der Waals surface area contributed by atoms with Crippen LogP contribution < -0.4 is 0 Å².